The van der Waals surface area contributed by atoms with Crippen LogP contribution in [0.25, 0.3) is 33.1 Å². The zero-order valence-corrected chi connectivity index (χ0v) is 17.4. The van der Waals surface area contributed by atoms with E-state index in [1.54, 1.807) is 6.20 Å². The predicted octanol–water partition coefficient (Wildman–Crippen LogP) is 4.78. The molecule has 0 radical (unpaired) electrons. The normalized spacial score (nSPS) is 13.0. The number of hydrogen-bond donors (Lipinski definition) is 1. The van der Waals surface area contributed by atoms with Crippen LogP contribution in [0.3, 0.4) is 0 Å². The highest BCUT2D eigenvalue weighted by Crippen LogP contribution is 2.32. The van der Waals surface area contributed by atoms with E-state index in [0.29, 0.717) is 5.62 Å². The molecule has 0 saturated heterocycles. The Balaban J connectivity index is 1.80. The van der Waals surface area contributed by atoms with Crippen molar-refractivity contribution in [1.29, 1.82) is 5.26 Å². The van der Waals surface area contributed by atoms with E-state index < -0.39 is 0 Å². The molecule has 1 N–H and O–H groups in total. The topological polar surface area (TPSA) is 95.8 Å². The summed E-state index contributed by atoms with van der Waals surface area (Å²) in [6.45, 7) is 5.95. The number of nitrogens with one attached hydrogen (secondary N) is 1. The van der Waals surface area contributed by atoms with Crippen molar-refractivity contribution < 1.29 is 4.52 Å². The van der Waals surface area contributed by atoms with Crippen LogP contribution in [0.4, 0.5) is 0 Å². The molecule has 0 aliphatic heterocycles. The van der Waals surface area contributed by atoms with Crippen molar-refractivity contribution in [2.24, 2.45) is 4.99 Å². The fourth-order valence-corrected chi connectivity index (χ4v) is 4.25. The molecular weight excluding hydrogens is 388 g/mol. The molecule has 1 atom stereocenters. The molecule has 0 spiro atoms. The number of imidazole rings is 1. The molecule has 31 heavy (non-hydrogen) atoms. The summed E-state index contributed by atoms with van der Waals surface area (Å²) in [5.41, 5.74) is 7.11. The molecule has 7 nitrogen and oxygen atoms in total. The number of hydrogen-bond acceptors (Lipinski definition) is 5. The van der Waals surface area contributed by atoms with Crippen molar-refractivity contribution in [3.05, 3.63) is 77.4 Å². The average Bonchev–Trinajstić information content (AvgIpc) is 3.33. The Labute approximate surface area is 178 Å². The third-order valence-electron chi connectivity index (χ3n) is 5.70. The quantitative estimate of drug-likeness (QED) is 0.435. The van der Waals surface area contributed by atoms with Gasteiger partial charge in [-0.2, -0.15) is 5.26 Å². The zero-order chi connectivity index (χ0) is 21.5. The van der Waals surface area contributed by atoms with Crippen molar-refractivity contribution >= 4 is 21.9 Å². The number of nitrogens with zero attached hydrogens (tertiary/aromatic N) is 5. The summed E-state index contributed by atoms with van der Waals surface area (Å²) in [5.74, 6) is 0.780. The highest BCUT2D eigenvalue weighted by atomic mass is 16.5. The molecule has 0 unspecified atom stereocenters. The van der Waals surface area contributed by atoms with Gasteiger partial charge in [0.15, 0.2) is 0 Å². The van der Waals surface area contributed by atoms with Crippen molar-refractivity contribution in [3.8, 4) is 17.3 Å². The van der Waals surface area contributed by atoms with E-state index in [1.165, 1.54) is 0 Å². The third-order valence-corrected chi connectivity index (χ3v) is 5.70. The maximum atomic E-state index is 9.25. The van der Waals surface area contributed by atoms with Gasteiger partial charge in [0.1, 0.15) is 5.76 Å². The number of pyridine rings is 1. The molecule has 3 heterocycles. The number of aromatic amines is 1. The minimum absolute atomic E-state index is 0.0325. The summed E-state index contributed by atoms with van der Waals surface area (Å²) in [4.78, 5) is 12.0. The monoisotopic (exact) mass is 408 g/mol. The number of rotatable bonds is 3. The van der Waals surface area contributed by atoms with Gasteiger partial charge in [0.25, 0.3) is 0 Å². The molecule has 0 fully saturated rings. The van der Waals surface area contributed by atoms with Gasteiger partial charge in [-0.1, -0.05) is 47.6 Å². The third kappa shape index (κ3) is 3.01. The maximum absolute atomic E-state index is 9.25. The smallest absolute Gasteiger partial charge is 0.219 e. The van der Waals surface area contributed by atoms with E-state index in [4.69, 9.17) is 4.52 Å². The number of H-pyrrole nitrogens is 1. The van der Waals surface area contributed by atoms with Gasteiger partial charge in [-0.15, -0.1) is 4.99 Å². The predicted molar refractivity (Wildman–Crippen MR) is 118 cm³/mol. The highest BCUT2D eigenvalue weighted by Gasteiger charge is 2.18. The van der Waals surface area contributed by atoms with Crippen LogP contribution in [0.2, 0.25) is 0 Å². The lowest BCUT2D eigenvalue weighted by Gasteiger charge is -2.16. The van der Waals surface area contributed by atoms with Gasteiger partial charge < -0.3 is 14.1 Å². The molecule has 7 heteroatoms. The molecule has 5 aromatic rings. The van der Waals surface area contributed by atoms with Crippen LogP contribution < -0.4 is 5.62 Å². The second-order valence-electron chi connectivity index (χ2n) is 7.57. The Morgan fingerprint density at radius 3 is 2.68 bits per heavy atom. The minimum atomic E-state index is -0.0325. The Morgan fingerprint density at radius 2 is 1.97 bits per heavy atom. The Kier molecular flexibility index (Phi) is 4.41. The lowest BCUT2D eigenvalue weighted by atomic mass is 10.0. The molecule has 0 saturated carbocycles. The summed E-state index contributed by atoms with van der Waals surface area (Å²) < 4.78 is 7.40. The lowest BCUT2D eigenvalue weighted by Crippen LogP contribution is -2.22. The second kappa shape index (κ2) is 7.26. The summed E-state index contributed by atoms with van der Waals surface area (Å²) in [7, 11) is 0. The molecule has 0 amide bonds. The Hall–Kier alpha value is -4.18. The second-order valence-corrected chi connectivity index (χ2v) is 7.57. The lowest BCUT2D eigenvalue weighted by molar-refractivity contribution is 0.393. The highest BCUT2D eigenvalue weighted by molar-refractivity contribution is 6.03. The van der Waals surface area contributed by atoms with E-state index >= 15 is 0 Å². The van der Waals surface area contributed by atoms with Gasteiger partial charge in [-0.05, 0) is 38.0 Å². The minimum Gasteiger partial charge on any atom is -0.361 e. The first-order valence-electron chi connectivity index (χ1n) is 10.0. The molecule has 5 rings (SSSR count). The van der Waals surface area contributed by atoms with Gasteiger partial charge in [0, 0.05) is 10.9 Å². The van der Waals surface area contributed by atoms with Crippen LogP contribution in [0.1, 0.15) is 30.0 Å². The van der Waals surface area contributed by atoms with E-state index in [1.807, 2.05) is 44.3 Å². The summed E-state index contributed by atoms with van der Waals surface area (Å²) in [6.07, 6.45) is 3.71. The maximum Gasteiger partial charge on any atom is 0.219 e. The molecule has 0 aliphatic carbocycles. The van der Waals surface area contributed by atoms with Gasteiger partial charge in [0.05, 0.1) is 34.5 Å². The first-order chi connectivity index (χ1) is 15.1. The molecule has 2 aromatic carbocycles. The molecular formula is C24H20N6O. The van der Waals surface area contributed by atoms with E-state index in [2.05, 4.69) is 55.9 Å². The number of aryl methyl sites for hydroxylation is 2. The van der Waals surface area contributed by atoms with Crippen LogP contribution in [0.15, 0.2) is 64.2 Å². The summed E-state index contributed by atoms with van der Waals surface area (Å²) in [6, 6.07) is 16.3. The number of benzene rings is 2. The summed E-state index contributed by atoms with van der Waals surface area (Å²) >= 11 is 0. The summed E-state index contributed by atoms with van der Waals surface area (Å²) in [5, 5.41) is 14.3. The molecule has 0 aliphatic rings. The van der Waals surface area contributed by atoms with E-state index in [0.717, 1.165) is 50.1 Å². The molecule has 152 valence electrons. The number of fused-ring (bicyclic) bond motifs is 3. The van der Waals surface area contributed by atoms with E-state index in [-0.39, 0.29) is 6.04 Å². The fraction of sp³-hybridized carbons (Fsp3) is 0.167. The van der Waals surface area contributed by atoms with Crippen LogP contribution in [0, 0.1) is 25.3 Å². The van der Waals surface area contributed by atoms with Crippen molar-refractivity contribution in [2.45, 2.75) is 26.8 Å². The van der Waals surface area contributed by atoms with Gasteiger partial charge >= 0.3 is 0 Å². The molecule has 3 aromatic heterocycles. The first-order valence-corrected chi connectivity index (χ1v) is 10.0. The zero-order valence-electron chi connectivity index (χ0n) is 17.4. The number of aromatic nitrogens is 4. The van der Waals surface area contributed by atoms with Crippen molar-refractivity contribution in [2.75, 3.05) is 0 Å². The standard InChI is InChI=1S/C24H20N6O/c1-14-22(16(3)31-29-14)18-9-10-19-20(11-18)26-12-21-23(19)30(24(28-21)27-13-25)15(2)17-7-5-4-6-8-17/h4-12,15H,1-3H3,(H,27,28)/t15-/m1/s1. The molecule has 0 bridgehead atoms. The fourth-order valence-electron chi connectivity index (χ4n) is 4.25. The van der Waals surface area contributed by atoms with Crippen molar-refractivity contribution in [1.82, 2.24) is 19.7 Å². The van der Waals surface area contributed by atoms with Crippen LogP contribution in [0.5, 0.6) is 0 Å². The Morgan fingerprint density at radius 1 is 1.16 bits per heavy atom. The SMILES string of the molecule is Cc1noc(C)c1-c1ccc2c(c1)ncc1[nH]c(=NC#N)n([C@H](C)c3ccccc3)c12. The van der Waals surface area contributed by atoms with Gasteiger partial charge in [0.2, 0.25) is 11.8 Å². The van der Waals surface area contributed by atoms with Gasteiger partial charge in [-0.25, -0.2) is 0 Å². The van der Waals surface area contributed by atoms with Crippen molar-refractivity contribution in [3.63, 3.8) is 0 Å². The average molecular weight is 408 g/mol. The van der Waals surface area contributed by atoms with Crippen LogP contribution >= 0.6 is 0 Å². The largest absolute Gasteiger partial charge is 0.361 e. The van der Waals surface area contributed by atoms with Crippen LogP contribution in [-0.4, -0.2) is 19.7 Å². The number of nitriles is 1. The van der Waals surface area contributed by atoms with E-state index in [9.17, 15) is 5.26 Å². The Bertz CT molecular complexity index is 1510. The first kappa shape index (κ1) is 18.8. The van der Waals surface area contributed by atoms with Crippen LogP contribution in [-0.2, 0) is 0 Å². The van der Waals surface area contributed by atoms with Gasteiger partial charge in [-0.3, -0.25) is 4.98 Å².